The van der Waals surface area contributed by atoms with Crippen LogP contribution in [0.5, 0.6) is 0 Å². The molecule has 0 unspecified atom stereocenters. The number of carbonyl (C=O) groups excluding carboxylic acids is 1. The number of anilines is 1. The lowest BCUT2D eigenvalue weighted by Crippen LogP contribution is -2.37. The maximum atomic E-state index is 11.2. The molecule has 1 amide bonds. The van der Waals surface area contributed by atoms with Crippen molar-refractivity contribution in [1.29, 1.82) is 0 Å². The Morgan fingerprint density at radius 2 is 2.11 bits per heavy atom. The predicted molar refractivity (Wildman–Crippen MR) is 71.5 cm³/mol. The highest BCUT2D eigenvalue weighted by atomic mass is 16.5. The Morgan fingerprint density at radius 1 is 1.39 bits per heavy atom. The zero-order valence-electron chi connectivity index (χ0n) is 10.4. The largest absolute Gasteiger partial charge is 0.378 e. The Kier molecular flexibility index (Phi) is 4.36. The third-order valence-corrected chi connectivity index (χ3v) is 2.98. The molecule has 4 heteroatoms. The van der Waals surface area contributed by atoms with E-state index in [4.69, 9.17) is 4.74 Å². The zero-order chi connectivity index (χ0) is 12.8. The van der Waals surface area contributed by atoms with Gasteiger partial charge in [0, 0.05) is 25.3 Å². The van der Waals surface area contributed by atoms with Crippen molar-refractivity contribution in [2.45, 2.75) is 6.54 Å². The molecular weight excluding hydrogens is 228 g/mol. The van der Waals surface area contributed by atoms with Gasteiger partial charge < -0.3 is 15.0 Å². The minimum Gasteiger partial charge on any atom is -0.378 e. The smallest absolute Gasteiger partial charge is 0.243 e. The van der Waals surface area contributed by atoms with E-state index < -0.39 is 0 Å². The Morgan fingerprint density at radius 3 is 2.83 bits per heavy atom. The molecule has 1 fully saturated rings. The molecule has 96 valence electrons. The molecule has 0 radical (unpaired) electrons. The molecule has 0 bridgehead atoms. The van der Waals surface area contributed by atoms with Gasteiger partial charge in [0.15, 0.2) is 0 Å². The Hall–Kier alpha value is -1.81. The highest BCUT2D eigenvalue weighted by molar-refractivity contribution is 5.86. The van der Waals surface area contributed by atoms with Crippen molar-refractivity contribution < 1.29 is 9.53 Å². The zero-order valence-corrected chi connectivity index (χ0v) is 10.4. The van der Waals surface area contributed by atoms with Crippen molar-refractivity contribution in [3.8, 4) is 0 Å². The highest BCUT2D eigenvalue weighted by Gasteiger charge is 2.14. The Balaban J connectivity index is 2.09. The maximum absolute atomic E-state index is 11.2. The van der Waals surface area contributed by atoms with E-state index in [1.165, 1.54) is 11.8 Å². The van der Waals surface area contributed by atoms with Crippen LogP contribution in [-0.2, 0) is 16.1 Å². The summed E-state index contributed by atoms with van der Waals surface area (Å²) >= 11 is 0. The van der Waals surface area contributed by atoms with E-state index in [-0.39, 0.29) is 5.91 Å². The lowest BCUT2D eigenvalue weighted by molar-refractivity contribution is -0.116. The fourth-order valence-electron chi connectivity index (χ4n) is 2.03. The van der Waals surface area contributed by atoms with Gasteiger partial charge in [-0.2, -0.15) is 0 Å². The number of benzene rings is 1. The van der Waals surface area contributed by atoms with Crippen LogP contribution in [0.15, 0.2) is 36.9 Å². The van der Waals surface area contributed by atoms with Gasteiger partial charge in [0.25, 0.3) is 0 Å². The van der Waals surface area contributed by atoms with Crippen molar-refractivity contribution in [2.75, 3.05) is 31.2 Å². The van der Waals surface area contributed by atoms with Gasteiger partial charge in [-0.1, -0.05) is 24.8 Å². The van der Waals surface area contributed by atoms with E-state index in [0.29, 0.717) is 6.54 Å². The number of ether oxygens (including phenoxy) is 1. The van der Waals surface area contributed by atoms with Crippen molar-refractivity contribution in [3.63, 3.8) is 0 Å². The molecule has 0 atom stereocenters. The molecular formula is C14H18N2O2. The topological polar surface area (TPSA) is 41.6 Å². The van der Waals surface area contributed by atoms with Crippen LogP contribution in [0.3, 0.4) is 0 Å². The molecule has 0 aliphatic carbocycles. The number of hydrogen-bond acceptors (Lipinski definition) is 3. The van der Waals surface area contributed by atoms with Crippen molar-refractivity contribution in [2.24, 2.45) is 0 Å². The third-order valence-electron chi connectivity index (χ3n) is 2.98. The van der Waals surface area contributed by atoms with Crippen LogP contribution >= 0.6 is 0 Å². The number of carbonyl (C=O) groups is 1. The number of para-hydroxylation sites is 1. The van der Waals surface area contributed by atoms with Crippen molar-refractivity contribution in [1.82, 2.24) is 5.32 Å². The predicted octanol–water partition coefficient (Wildman–Crippen LogP) is 1.33. The number of hydrogen-bond donors (Lipinski definition) is 1. The molecule has 1 aliphatic heterocycles. The van der Waals surface area contributed by atoms with Crippen LogP contribution in [0, 0.1) is 0 Å². The van der Waals surface area contributed by atoms with Crippen molar-refractivity contribution >= 4 is 11.6 Å². The molecule has 18 heavy (non-hydrogen) atoms. The van der Waals surface area contributed by atoms with Gasteiger partial charge in [-0.3, -0.25) is 4.79 Å². The SMILES string of the molecule is C=CC(=O)NCc1ccccc1N1CCOCC1. The number of nitrogens with one attached hydrogen (secondary N) is 1. The average molecular weight is 246 g/mol. The van der Waals surface area contributed by atoms with E-state index >= 15 is 0 Å². The second-order valence-electron chi connectivity index (χ2n) is 4.15. The van der Waals surface area contributed by atoms with Crippen LogP contribution < -0.4 is 10.2 Å². The highest BCUT2D eigenvalue weighted by Crippen LogP contribution is 2.21. The summed E-state index contributed by atoms with van der Waals surface area (Å²) in [6, 6.07) is 8.12. The summed E-state index contributed by atoms with van der Waals surface area (Å²) < 4.78 is 5.35. The molecule has 2 rings (SSSR count). The lowest BCUT2D eigenvalue weighted by Gasteiger charge is -2.30. The number of morpholine rings is 1. The fourth-order valence-corrected chi connectivity index (χ4v) is 2.03. The minimum absolute atomic E-state index is 0.146. The van der Waals surface area contributed by atoms with Crippen LogP contribution in [0.2, 0.25) is 0 Å². The molecule has 1 aromatic carbocycles. The van der Waals surface area contributed by atoms with Crippen LogP contribution in [0.25, 0.3) is 0 Å². The van der Waals surface area contributed by atoms with Gasteiger partial charge in [-0.05, 0) is 17.7 Å². The van der Waals surface area contributed by atoms with Gasteiger partial charge >= 0.3 is 0 Å². The first-order valence-corrected chi connectivity index (χ1v) is 6.12. The molecule has 4 nitrogen and oxygen atoms in total. The maximum Gasteiger partial charge on any atom is 0.243 e. The monoisotopic (exact) mass is 246 g/mol. The standard InChI is InChI=1S/C14H18N2O2/c1-2-14(17)15-11-12-5-3-4-6-13(12)16-7-9-18-10-8-16/h2-6H,1,7-11H2,(H,15,17). The first-order valence-electron chi connectivity index (χ1n) is 6.12. The fraction of sp³-hybridized carbons (Fsp3) is 0.357. The van der Waals surface area contributed by atoms with E-state index in [9.17, 15) is 4.79 Å². The lowest BCUT2D eigenvalue weighted by atomic mass is 10.1. The van der Waals surface area contributed by atoms with Crippen LogP contribution in [0.1, 0.15) is 5.56 Å². The summed E-state index contributed by atoms with van der Waals surface area (Å²) in [4.78, 5) is 13.5. The summed E-state index contributed by atoms with van der Waals surface area (Å²) in [6.45, 7) is 7.28. The Labute approximate surface area is 107 Å². The number of rotatable bonds is 4. The molecule has 1 saturated heterocycles. The number of amides is 1. The normalized spacial score (nSPS) is 15.2. The first-order chi connectivity index (χ1) is 8.81. The molecule has 1 aromatic rings. The van der Waals surface area contributed by atoms with Gasteiger partial charge in [0.1, 0.15) is 0 Å². The summed E-state index contributed by atoms with van der Waals surface area (Å²) in [6.07, 6.45) is 1.29. The van der Waals surface area contributed by atoms with E-state index in [0.717, 1.165) is 31.9 Å². The summed E-state index contributed by atoms with van der Waals surface area (Å²) in [5.74, 6) is -0.146. The quantitative estimate of drug-likeness (QED) is 0.815. The first kappa shape index (κ1) is 12.6. The van der Waals surface area contributed by atoms with Crippen LogP contribution in [-0.4, -0.2) is 32.2 Å². The average Bonchev–Trinajstić information content (AvgIpc) is 2.46. The Bertz CT molecular complexity index is 426. The van der Waals surface area contributed by atoms with E-state index in [2.05, 4.69) is 22.9 Å². The van der Waals surface area contributed by atoms with E-state index in [1.54, 1.807) is 0 Å². The molecule has 1 heterocycles. The third kappa shape index (κ3) is 3.11. The summed E-state index contributed by atoms with van der Waals surface area (Å²) in [5.41, 5.74) is 2.29. The van der Waals surface area contributed by atoms with Crippen molar-refractivity contribution in [3.05, 3.63) is 42.5 Å². The number of nitrogens with zero attached hydrogens (tertiary/aromatic N) is 1. The van der Waals surface area contributed by atoms with E-state index in [1.807, 2.05) is 18.2 Å². The van der Waals surface area contributed by atoms with Gasteiger partial charge in [-0.15, -0.1) is 0 Å². The molecule has 1 N–H and O–H groups in total. The molecule has 0 aromatic heterocycles. The summed E-state index contributed by atoms with van der Waals surface area (Å²) in [5, 5.41) is 2.81. The van der Waals surface area contributed by atoms with Crippen LogP contribution in [0.4, 0.5) is 5.69 Å². The molecule has 0 saturated carbocycles. The minimum atomic E-state index is -0.146. The van der Waals surface area contributed by atoms with Gasteiger partial charge in [0.2, 0.25) is 5.91 Å². The second-order valence-corrected chi connectivity index (χ2v) is 4.15. The second kappa shape index (κ2) is 6.21. The molecule has 1 aliphatic rings. The molecule has 0 spiro atoms. The van der Waals surface area contributed by atoms with Gasteiger partial charge in [0.05, 0.1) is 13.2 Å². The van der Waals surface area contributed by atoms with Gasteiger partial charge in [-0.25, -0.2) is 0 Å². The summed E-state index contributed by atoms with van der Waals surface area (Å²) in [7, 11) is 0.